The number of carbonyl (C=O) groups excluding carboxylic acids is 2. The second-order valence-corrected chi connectivity index (χ2v) is 6.54. The third kappa shape index (κ3) is 4.30. The number of rotatable bonds is 4. The summed E-state index contributed by atoms with van der Waals surface area (Å²) in [6.45, 7) is 5.43. The fraction of sp³-hybridized carbons (Fsp3) is 0.375. The summed E-state index contributed by atoms with van der Waals surface area (Å²) in [6.07, 6.45) is 1.80. The van der Waals surface area contributed by atoms with Crippen molar-refractivity contribution in [2.24, 2.45) is 5.73 Å². The molecule has 24 heavy (non-hydrogen) atoms. The number of para-hydroxylation sites is 1. The van der Waals surface area contributed by atoms with E-state index in [2.05, 4.69) is 21.2 Å². The summed E-state index contributed by atoms with van der Waals surface area (Å²) in [4.78, 5) is 28.2. The monoisotopic (exact) mass is 368 g/mol. The van der Waals surface area contributed by atoms with Crippen LogP contribution in [0.2, 0.25) is 0 Å². The number of nitrogens with zero attached hydrogens (tertiary/aromatic N) is 2. The Kier molecular flexibility index (Phi) is 6.68. The summed E-state index contributed by atoms with van der Waals surface area (Å²) in [6, 6.07) is 7.98. The lowest BCUT2D eigenvalue weighted by Crippen LogP contribution is -2.47. The van der Waals surface area contributed by atoms with Crippen LogP contribution in [0.15, 0.2) is 29.2 Å². The van der Waals surface area contributed by atoms with Gasteiger partial charge in [-0.1, -0.05) is 18.2 Å². The molecular weight excluding hydrogens is 348 g/mol. The van der Waals surface area contributed by atoms with Crippen LogP contribution < -0.4 is 16.0 Å². The predicted molar refractivity (Wildman–Crippen MR) is 101 cm³/mol. The Morgan fingerprint density at radius 1 is 1.17 bits per heavy atom. The fourth-order valence-corrected chi connectivity index (χ4v) is 3.53. The predicted octanol–water partition coefficient (Wildman–Crippen LogP) is 1.51. The van der Waals surface area contributed by atoms with Gasteiger partial charge in [0.25, 0.3) is 11.1 Å². The molecule has 1 aromatic rings. The SMILES string of the molecule is Cl.NCCN1CCN(c2ccccc2/C=C2\SC(=O)NC2=O)CC1. The topological polar surface area (TPSA) is 78.7 Å². The van der Waals surface area contributed by atoms with Gasteiger partial charge in [0.15, 0.2) is 0 Å². The Morgan fingerprint density at radius 2 is 1.88 bits per heavy atom. The van der Waals surface area contributed by atoms with Crippen LogP contribution in [0.1, 0.15) is 5.56 Å². The molecule has 2 saturated heterocycles. The minimum Gasteiger partial charge on any atom is -0.368 e. The molecule has 6 nitrogen and oxygen atoms in total. The number of nitrogens with one attached hydrogen (secondary N) is 1. The molecular formula is C16H21ClN4O2S. The van der Waals surface area contributed by atoms with Crippen molar-refractivity contribution in [1.29, 1.82) is 0 Å². The second kappa shape index (κ2) is 8.53. The smallest absolute Gasteiger partial charge is 0.290 e. The summed E-state index contributed by atoms with van der Waals surface area (Å²) in [7, 11) is 0. The van der Waals surface area contributed by atoms with Gasteiger partial charge in [-0.15, -0.1) is 12.4 Å². The van der Waals surface area contributed by atoms with Crippen molar-refractivity contribution < 1.29 is 9.59 Å². The highest BCUT2D eigenvalue weighted by Crippen LogP contribution is 2.30. The Balaban J connectivity index is 0.00000208. The van der Waals surface area contributed by atoms with Crippen LogP contribution in [0.4, 0.5) is 10.5 Å². The highest BCUT2D eigenvalue weighted by Gasteiger charge is 2.26. The van der Waals surface area contributed by atoms with Crippen molar-refractivity contribution in [2.75, 3.05) is 44.2 Å². The number of thioether (sulfide) groups is 1. The number of imide groups is 1. The van der Waals surface area contributed by atoms with Crippen LogP contribution in [0.3, 0.4) is 0 Å². The zero-order valence-corrected chi connectivity index (χ0v) is 14.9. The molecule has 0 unspecified atom stereocenters. The van der Waals surface area contributed by atoms with E-state index in [1.807, 2.05) is 18.2 Å². The molecule has 3 rings (SSSR count). The lowest BCUT2D eigenvalue weighted by Gasteiger charge is -2.36. The standard InChI is InChI=1S/C16H20N4O2S.ClH/c17-5-6-19-7-9-20(10-8-19)13-4-2-1-3-12(13)11-14-15(21)18-16(22)23-14;/h1-4,11H,5-10,17H2,(H,18,21,22);1H/b14-11-;. The first kappa shape index (κ1) is 18.8. The van der Waals surface area contributed by atoms with E-state index >= 15 is 0 Å². The van der Waals surface area contributed by atoms with E-state index in [-0.39, 0.29) is 23.6 Å². The number of carbonyl (C=O) groups is 2. The maximum Gasteiger partial charge on any atom is 0.290 e. The van der Waals surface area contributed by atoms with Crippen molar-refractivity contribution >= 4 is 47.1 Å². The van der Waals surface area contributed by atoms with Crippen LogP contribution in [-0.4, -0.2) is 55.3 Å². The Morgan fingerprint density at radius 3 is 2.50 bits per heavy atom. The fourth-order valence-electron chi connectivity index (χ4n) is 2.85. The van der Waals surface area contributed by atoms with Crippen molar-refractivity contribution in [3.05, 3.63) is 34.7 Å². The van der Waals surface area contributed by atoms with Crippen LogP contribution in [0.5, 0.6) is 0 Å². The van der Waals surface area contributed by atoms with E-state index in [1.165, 1.54) is 0 Å². The molecule has 130 valence electrons. The molecule has 0 radical (unpaired) electrons. The highest BCUT2D eigenvalue weighted by atomic mass is 35.5. The number of nitrogens with two attached hydrogens (primary N) is 1. The third-order valence-electron chi connectivity index (χ3n) is 4.02. The van der Waals surface area contributed by atoms with E-state index in [0.717, 1.165) is 55.7 Å². The van der Waals surface area contributed by atoms with Gasteiger partial charge in [-0.2, -0.15) is 0 Å². The normalized spacial score (nSPS) is 20.2. The van der Waals surface area contributed by atoms with Crippen molar-refractivity contribution in [3.8, 4) is 0 Å². The van der Waals surface area contributed by atoms with Crippen LogP contribution >= 0.6 is 24.2 Å². The third-order valence-corrected chi connectivity index (χ3v) is 4.83. The maximum absolute atomic E-state index is 11.7. The van der Waals surface area contributed by atoms with Gasteiger partial charge in [0.1, 0.15) is 0 Å². The van der Waals surface area contributed by atoms with Gasteiger partial charge >= 0.3 is 0 Å². The van der Waals surface area contributed by atoms with Crippen molar-refractivity contribution in [2.45, 2.75) is 0 Å². The Labute approximate surface area is 151 Å². The number of piperazine rings is 1. The van der Waals surface area contributed by atoms with Gasteiger partial charge < -0.3 is 10.6 Å². The number of amides is 2. The van der Waals surface area contributed by atoms with Crippen molar-refractivity contribution in [1.82, 2.24) is 10.2 Å². The van der Waals surface area contributed by atoms with Gasteiger partial charge in [0, 0.05) is 45.0 Å². The molecule has 8 heteroatoms. The average molecular weight is 369 g/mol. The quantitative estimate of drug-likeness (QED) is 0.784. The van der Waals surface area contributed by atoms with Crippen LogP contribution in [0.25, 0.3) is 6.08 Å². The molecule has 1 aromatic carbocycles. The first-order chi connectivity index (χ1) is 11.2. The first-order valence-corrected chi connectivity index (χ1v) is 8.50. The molecule has 2 amide bonds. The van der Waals surface area contributed by atoms with Crippen LogP contribution in [0, 0.1) is 0 Å². The molecule has 3 N–H and O–H groups in total. The van der Waals surface area contributed by atoms with E-state index in [4.69, 9.17) is 5.73 Å². The molecule has 0 spiro atoms. The minimum absolute atomic E-state index is 0. The van der Waals surface area contributed by atoms with Crippen LogP contribution in [-0.2, 0) is 4.79 Å². The number of benzene rings is 1. The van der Waals surface area contributed by atoms with Gasteiger partial charge in [0.2, 0.25) is 0 Å². The molecule has 0 aliphatic carbocycles. The van der Waals surface area contributed by atoms with E-state index in [1.54, 1.807) is 6.08 Å². The van der Waals surface area contributed by atoms with Crippen molar-refractivity contribution in [3.63, 3.8) is 0 Å². The molecule has 0 aromatic heterocycles. The molecule has 2 aliphatic heterocycles. The lowest BCUT2D eigenvalue weighted by atomic mass is 10.1. The van der Waals surface area contributed by atoms with Gasteiger partial charge in [-0.3, -0.25) is 19.8 Å². The van der Waals surface area contributed by atoms with Gasteiger partial charge in [-0.05, 0) is 29.5 Å². The second-order valence-electron chi connectivity index (χ2n) is 5.53. The first-order valence-electron chi connectivity index (χ1n) is 7.68. The molecule has 0 bridgehead atoms. The summed E-state index contributed by atoms with van der Waals surface area (Å²) in [5, 5.41) is 1.98. The highest BCUT2D eigenvalue weighted by molar-refractivity contribution is 8.18. The number of anilines is 1. The minimum atomic E-state index is -0.317. The molecule has 2 heterocycles. The zero-order valence-electron chi connectivity index (χ0n) is 13.2. The number of halogens is 1. The van der Waals surface area contributed by atoms with E-state index in [9.17, 15) is 9.59 Å². The summed E-state index contributed by atoms with van der Waals surface area (Å²) >= 11 is 0.952. The average Bonchev–Trinajstić information content (AvgIpc) is 2.87. The van der Waals surface area contributed by atoms with E-state index < -0.39 is 0 Å². The molecule has 2 fully saturated rings. The summed E-state index contributed by atoms with van der Waals surface area (Å²) in [5.74, 6) is -0.317. The van der Waals surface area contributed by atoms with Gasteiger partial charge in [-0.25, -0.2) is 0 Å². The molecule has 0 saturated carbocycles. The number of hydrogen-bond donors (Lipinski definition) is 2. The largest absolute Gasteiger partial charge is 0.368 e. The zero-order chi connectivity index (χ0) is 16.2. The Hall–Kier alpha value is -1.54. The summed E-state index contributed by atoms with van der Waals surface area (Å²) in [5.41, 5.74) is 7.68. The molecule has 2 aliphatic rings. The lowest BCUT2D eigenvalue weighted by molar-refractivity contribution is -0.115. The Bertz CT molecular complexity index is 645. The van der Waals surface area contributed by atoms with E-state index in [0.29, 0.717) is 11.4 Å². The van der Waals surface area contributed by atoms with Gasteiger partial charge in [0.05, 0.1) is 4.91 Å². The number of hydrogen-bond acceptors (Lipinski definition) is 6. The molecule has 0 atom stereocenters. The maximum atomic E-state index is 11.7. The summed E-state index contributed by atoms with van der Waals surface area (Å²) < 4.78 is 0.